The third-order valence-electron chi connectivity index (χ3n) is 3.50. The Morgan fingerprint density at radius 3 is 2.26 bits per heavy atom. The zero-order valence-electron chi connectivity index (χ0n) is 14.2. The largest absolute Gasteiger partial charge is 0.463 e. The molecule has 0 aliphatic carbocycles. The quantitative estimate of drug-likeness (QED) is 0.564. The summed E-state index contributed by atoms with van der Waals surface area (Å²) in [6, 6.07) is 13.0. The van der Waals surface area contributed by atoms with Crippen LogP contribution in [0.15, 0.2) is 65.6 Å². The first kappa shape index (κ1) is 18.9. The molecule has 0 N–H and O–H groups in total. The van der Waals surface area contributed by atoms with Crippen LogP contribution in [0.3, 0.4) is 0 Å². The number of carbonyl (C=O) groups excluding carboxylic acids is 2. The normalized spacial score (nSPS) is 14.7. The molecule has 0 spiro atoms. The van der Waals surface area contributed by atoms with E-state index in [1.54, 1.807) is 55.5 Å². The highest BCUT2D eigenvalue weighted by atomic mass is 35.5. The Labute approximate surface area is 165 Å². The second kappa shape index (κ2) is 8.24. The van der Waals surface area contributed by atoms with Gasteiger partial charge in [0.1, 0.15) is 0 Å². The van der Waals surface area contributed by atoms with Gasteiger partial charge in [-0.05, 0) is 55.5 Å². The van der Waals surface area contributed by atoms with Crippen LogP contribution < -0.4 is 0 Å². The van der Waals surface area contributed by atoms with Crippen molar-refractivity contribution in [1.82, 2.24) is 5.01 Å². The molecule has 6 nitrogen and oxygen atoms in total. The first-order chi connectivity index (χ1) is 13.0. The fourth-order valence-corrected chi connectivity index (χ4v) is 2.50. The minimum absolute atomic E-state index is 0.0571. The van der Waals surface area contributed by atoms with Gasteiger partial charge in [0, 0.05) is 21.2 Å². The molecular formula is C19H14Cl2N2O4. The van der Waals surface area contributed by atoms with Crippen LogP contribution in [-0.2, 0) is 14.3 Å². The van der Waals surface area contributed by atoms with Gasteiger partial charge < -0.3 is 9.47 Å². The molecule has 138 valence electrons. The van der Waals surface area contributed by atoms with Crippen molar-refractivity contribution in [2.24, 2.45) is 5.10 Å². The van der Waals surface area contributed by atoms with Crippen molar-refractivity contribution in [1.29, 1.82) is 0 Å². The van der Waals surface area contributed by atoms with Crippen molar-refractivity contribution >= 4 is 41.0 Å². The summed E-state index contributed by atoms with van der Waals surface area (Å²) in [5.74, 6) is -1.02. The van der Waals surface area contributed by atoms with Gasteiger partial charge in [-0.3, -0.25) is 4.79 Å². The second-order valence-corrected chi connectivity index (χ2v) is 6.25. The zero-order chi connectivity index (χ0) is 19.4. The summed E-state index contributed by atoms with van der Waals surface area (Å²) in [7, 11) is 0. The number of halogens is 2. The fourth-order valence-electron chi connectivity index (χ4n) is 2.25. The van der Waals surface area contributed by atoms with Gasteiger partial charge in [-0.1, -0.05) is 23.2 Å². The number of amides is 1. The van der Waals surface area contributed by atoms with Crippen molar-refractivity contribution in [3.8, 4) is 0 Å². The molecule has 1 heterocycles. The van der Waals surface area contributed by atoms with E-state index in [9.17, 15) is 9.59 Å². The van der Waals surface area contributed by atoms with Gasteiger partial charge in [0.2, 0.25) is 11.8 Å². The Morgan fingerprint density at radius 1 is 1.07 bits per heavy atom. The van der Waals surface area contributed by atoms with Gasteiger partial charge in [-0.25, -0.2) is 4.79 Å². The van der Waals surface area contributed by atoms with Gasteiger partial charge in [0.25, 0.3) is 5.91 Å². The molecule has 0 atom stereocenters. The molecule has 0 radical (unpaired) electrons. The van der Waals surface area contributed by atoms with Crippen molar-refractivity contribution in [3.63, 3.8) is 0 Å². The first-order valence-electron chi connectivity index (χ1n) is 7.99. The van der Waals surface area contributed by atoms with Crippen LogP contribution in [0, 0.1) is 0 Å². The highest BCUT2D eigenvalue weighted by Gasteiger charge is 2.30. The summed E-state index contributed by atoms with van der Waals surface area (Å²) in [5, 5.41) is 6.26. The summed E-state index contributed by atoms with van der Waals surface area (Å²) >= 11 is 11.8. The smallest absolute Gasteiger partial charge is 0.336 e. The summed E-state index contributed by atoms with van der Waals surface area (Å²) in [5.41, 5.74) is 0.930. The molecule has 1 aliphatic heterocycles. The van der Waals surface area contributed by atoms with E-state index in [0.29, 0.717) is 21.2 Å². The van der Waals surface area contributed by atoms with E-state index in [0.717, 1.165) is 11.1 Å². The Kier molecular flexibility index (Phi) is 5.78. The Bertz CT molecular complexity index is 922. The molecule has 0 saturated carbocycles. The van der Waals surface area contributed by atoms with E-state index in [1.165, 1.54) is 0 Å². The van der Waals surface area contributed by atoms with Gasteiger partial charge in [0.15, 0.2) is 0 Å². The van der Waals surface area contributed by atoms with Crippen LogP contribution in [0.5, 0.6) is 0 Å². The predicted octanol–water partition coefficient (Wildman–Crippen LogP) is 4.23. The Balaban J connectivity index is 1.96. The van der Waals surface area contributed by atoms with Crippen molar-refractivity contribution in [3.05, 3.63) is 81.7 Å². The Hall–Kier alpha value is -2.83. The monoisotopic (exact) mass is 404 g/mol. The van der Waals surface area contributed by atoms with Gasteiger partial charge in [-0.15, -0.1) is 5.10 Å². The first-order valence-corrected chi connectivity index (χ1v) is 8.74. The van der Waals surface area contributed by atoms with Gasteiger partial charge in [-0.2, -0.15) is 5.01 Å². The lowest BCUT2D eigenvalue weighted by atomic mass is 10.2. The molecule has 0 aromatic heterocycles. The van der Waals surface area contributed by atoms with E-state index in [1.807, 2.05) is 0 Å². The summed E-state index contributed by atoms with van der Waals surface area (Å²) in [6.45, 7) is 1.87. The van der Waals surface area contributed by atoms with E-state index >= 15 is 0 Å². The number of carbonyl (C=O) groups is 2. The predicted molar refractivity (Wildman–Crippen MR) is 101 cm³/mol. The minimum atomic E-state index is -0.644. The molecule has 2 aromatic carbocycles. The van der Waals surface area contributed by atoms with Crippen LogP contribution in [-0.4, -0.2) is 29.4 Å². The Morgan fingerprint density at radius 2 is 1.67 bits per heavy atom. The average molecular weight is 405 g/mol. The highest BCUT2D eigenvalue weighted by molar-refractivity contribution is 6.31. The van der Waals surface area contributed by atoms with Gasteiger partial charge >= 0.3 is 5.97 Å². The summed E-state index contributed by atoms with van der Waals surface area (Å²) in [6.07, 6.45) is 1.07. The van der Waals surface area contributed by atoms with E-state index < -0.39 is 11.9 Å². The maximum absolute atomic E-state index is 12.8. The molecule has 0 fully saturated rings. The molecule has 0 saturated heterocycles. The van der Waals surface area contributed by atoms with Gasteiger partial charge in [0.05, 0.1) is 12.7 Å². The number of benzene rings is 2. The highest BCUT2D eigenvalue weighted by Crippen LogP contribution is 2.24. The molecule has 2 aromatic rings. The van der Waals surface area contributed by atoms with Crippen LogP contribution in [0.2, 0.25) is 10.0 Å². The number of hydrogen-bond acceptors (Lipinski definition) is 5. The van der Waals surface area contributed by atoms with Crippen LogP contribution in [0.4, 0.5) is 0 Å². The number of esters is 1. The lowest BCUT2D eigenvalue weighted by Crippen LogP contribution is -2.23. The number of rotatable bonds is 4. The van der Waals surface area contributed by atoms with Crippen molar-refractivity contribution in [2.45, 2.75) is 6.92 Å². The zero-order valence-corrected chi connectivity index (χ0v) is 15.7. The third kappa shape index (κ3) is 4.48. The van der Waals surface area contributed by atoms with E-state index in [-0.39, 0.29) is 18.4 Å². The third-order valence-corrected chi connectivity index (χ3v) is 4.01. The van der Waals surface area contributed by atoms with Crippen molar-refractivity contribution < 1.29 is 19.1 Å². The lowest BCUT2D eigenvalue weighted by molar-refractivity contribution is -0.137. The number of hydrogen-bond donors (Lipinski definition) is 0. The molecular weight excluding hydrogens is 391 g/mol. The molecule has 3 rings (SSSR count). The average Bonchev–Trinajstić information content (AvgIpc) is 3.06. The number of ether oxygens (including phenoxy) is 2. The molecule has 1 aliphatic rings. The molecule has 0 unspecified atom stereocenters. The van der Waals surface area contributed by atoms with E-state index in [2.05, 4.69) is 5.10 Å². The topological polar surface area (TPSA) is 68.2 Å². The van der Waals surface area contributed by atoms with Crippen LogP contribution in [0.1, 0.15) is 22.8 Å². The van der Waals surface area contributed by atoms with Crippen LogP contribution in [0.25, 0.3) is 0 Å². The number of nitrogens with zero attached hydrogens (tertiary/aromatic N) is 2. The molecule has 0 bridgehead atoms. The second-order valence-electron chi connectivity index (χ2n) is 5.37. The van der Waals surface area contributed by atoms with Crippen LogP contribution >= 0.6 is 23.2 Å². The summed E-state index contributed by atoms with van der Waals surface area (Å²) in [4.78, 5) is 24.7. The lowest BCUT2D eigenvalue weighted by Gasteiger charge is -2.12. The number of hydrazone groups is 1. The minimum Gasteiger partial charge on any atom is -0.463 e. The molecule has 1 amide bonds. The standard InChI is InChI=1S/C19H14Cl2N2O4/c1-2-26-17(24)11-16-23(19(25)13-5-9-15(21)10-6-13)22-18(27-16)12-3-7-14(20)8-4-12/h3-11H,2H2,1H3. The summed E-state index contributed by atoms with van der Waals surface area (Å²) < 4.78 is 10.5. The molecule has 8 heteroatoms. The fraction of sp³-hybridized carbons (Fsp3) is 0.105. The maximum Gasteiger partial charge on any atom is 0.336 e. The molecule has 27 heavy (non-hydrogen) atoms. The van der Waals surface area contributed by atoms with Crippen molar-refractivity contribution in [2.75, 3.05) is 6.61 Å². The SMILES string of the molecule is CCOC(=O)C=C1OC(c2ccc(Cl)cc2)=NN1C(=O)c1ccc(Cl)cc1. The van der Waals surface area contributed by atoms with E-state index in [4.69, 9.17) is 32.7 Å². The maximum atomic E-state index is 12.8.